The van der Waals surface area contributed by atoms with Crippen LogP contribution in [0.5, 0.6) is 0 Å². The lowest BCUT2D eigenvalue weighted by molar-refractivity contribution is 0.100. The standard InChI is InChI=1S/C26H41N/c1-9-15-26(16-21(8)13-14-24(26)20(6)7)17-27-25-22(18(2)3)11-10-12-23(25)19(4)5/h9-12,17-21,24H,1,13-16H2,2-8H3/t21-,24+,26?/m1/s1. The Morgan fingerprint density at radius 1 is 1.07 bits per heavy atom. The molecule has 1 saturated carbocycles. The fourth-order valence-electron chi connectivity index (χ4n) is 5.21. The van der Waals surface area contributed by atoms with Crippen LogP contribution in [0.3, 0.4) is 0 Å². The normalized spacial score (nSPS) is 26.4. The Bertz CT molecular complexity index is 626. The van der Waals surface area contributed by atoms with Gasteiger partial charge in [0.2, 0.25) is 0 Å². The van der Waals surface area contributed by atoms with E-state index in [1.165, 1.54) is 36.1 Å². The van der Waals surface area contributed by atoms with E-state index in [1.807, 2.05) is 0 Å². The lowest BCUT2D eigenvalue weighted by Gasteiger charge is -2.46. The molecule has 3 atom stereocenters. The van der Waals surface area contributed by atoms with Crippen LogP contribution in [0.4, 0.5) is 5.69 Å². The second kappa shape index (κ2) is 9.22. The molecule has 1 aliphatic rings. The highest BCUT2D eigenvalue weighted by atomic mass is 14.8. The van der Waals surface area contributed by atoms with E-state index in [4.69, 9.17) is 4.99 Å². The van der Waals surface area contributed by atoms with Crippen molar-refractivity contribution in [2.24, 2.45) is 28.2 Å². The Kier molecular flexibility index (Phi) is 7.48. The first-order valence-corrected chi connectivity index (χ1v) is 11.0. The molecule has 150 valence electrons. The predicted octanol–water partition coefficient (Wildman–Crippen LogP) is 8.29. The first kappa shape index (κ1) is 21.9. The van der Waals surface area contributed by atoms with Crippen molar-refractivity contribution in [2.45, 2.75) is 86.0 Å². The zero-order valence-corrected chi connectivity index (χ0v) is 18.8. The number of para-hydroxylation sites is 1. The first-order valence-electron chi connectivity index (χ1n) is 11.0. The van der Waals surface area contributed by atoms with Crippen LogP contribution in [0.25, 0.3) is 0 Å². The minimum absolute atomic E-state index is 0.145. The van der Waals surface area contributed by atoms with Crippen LogP contribution >= 0.6 is 0 Å². The molecule has 1 fully saturated rings. The number of rotatable bonds is 7. The molecule has 0 saturated heterocycles. The molecule has 2 rings (SSSR count). The molecule has 0 aromatic heterocycles. The summed E-state index contributed by atoms with van der Waals surface area (Å²) in [5.74, 6) is 3.09. The summed E-state index contributed by atoms with van der Waals surface area (Å²) >= 11 is 0. The largest absolute Gasteiger partial charge is 0.260 e. The predicted molar refractivity (Wildman–Crippen MR) is 121 cm³/mol. The van der Waals surface area contributed by atoms with Crippen LogP contribution in [-0.4, -0.2) is 6.21 Å². The van der Waals surface area contributed by atoms with E-state index in [2.05, 4.69) is 85.5 Å². The maximum atomic E-state index is 5.26. The molecule has 1 unspecified atom stereocenters. The topological polar surface area (TPSA) is 12.4 Å². The van der Waals surface area contributed by atoms with E-state index >= 15 is 0 Å². The summed E-state index contributed by atoms with van der Waals surface area (Å²) in [4.78, 5) is 5.26. The molecule has 1 heteroatoms. The lowest BCUT2D eigenvalue weighted by atomic mass is 9.59. The van der Waals surface area contributed by atoms with Crippen molar-refractivity contribution in [1.82, 2.24) is 0 Å². The summed E-state index contributed by atoms with van der Waals surface area (Å²) in [7, 11) is 0. The van der Waals surface area contributed by atoms with Crippen molar-refractivity contribution in [1.29, 1.82) is 0 Å². The van der Waals surface area contributed by atoms with Gasteiger partial charge in [-0.25, -0.2) is 0 Å². The Hall–Kier alpha value is -1.37. The molecule has 1 aromatic carbocycles. The summed E-state index contributed by atoms with van der Waals surface area (Å²) in [6.07, 6.45) is 9.38. The van der Waals surface area contributed by atoms with Gasteiger partial charge in [-0.2, -0.15) is 0 Å². The number of benzene rings is 1. The molecular weight excluding hydrogens is 326 g/mol. The van der Waals surface area contributed by atoms with Crippen molar-refractivity contribution in [3.63, 3.8) is 0 Å². The van der Waals surface area contributed by atoms with Crippen LogP contribution in [0, 0.1) is 23.2 Å². The van der Waals surface area contributed by atoms with Crippen molar-refractivity contribution < 1.29 is 0 Å². The van der Waals surface area contributed by atoms with Gasteiger partial charge < -0.3 is 0 Å². The molecule has 0 bridgehead atoms. The molecule has 1 nitrogen and oxygen atoms in total. The summed E-state index contributed by atoms with van der Waals surface area (Å²) < 4.78 is 0. The Morgan fingerprint density at radius 3 is 2.15 bits per heavy atom. The third-order valence-electron chi connectivity index (χ3n) is 6.56. The fraction of sp³-hybridized carbons (Fsp3) is 0.654. The van der Waals surface area contributed by atoms with Crippen molar-refractivity contribution in [3.05, 3.63) is 42.0 Å². The Labute approximate surface area is 168 Å². The number of hydrogen-bond donors (Lipinski definition) is 0. The summed E-state index contributed by atoms with van der Waals surface area (Å²) in [6.45, 7) is 20.4. The minimum atomic E-state index is 0.145. The zero-order chi connectivity index (χ0) is 20.2. The fourth-order valence-corrected chi connectivity index (χ4v) is 5.21. The maximum Gasteiger partial charge on any atom is 0.0695 e. The van der Waals surface area contributed by atoms with E-state index in [9.17, 15) is 0 Å². The van der Waals surface area contributed by atoms with E-state index in [1.54, 1.807) is 0 Å². The van der Waals surface area contributed by atoms with Crippen LogP contribution < -0.4 is 0 Å². The van der Waals surface area contributed by atoms with Crippen LogP contribution in [0.1, 0.15) is 97.1 Å². The Balaban J connectivity index is 2.55. The number of aliphatic imine (C=N–C) groups is 1. The molecule has 0 amide bonds. The van der Waals surface area contributed by atoms with E-state index < -0.39 is 0 Å². The van der Waals surface area contributed by atoms with Gasteiger partial charge in [0, 0.05) is 11.6 Å². The summed E-state index contributed by atoms with van der Waals surface area (Å²) in [6, 6.07) is 6.71. The molecule has 0 N–H and O–H groups in total. The SMILES string of the molecule is C=CCC1(C=Nc2c(C(C)C)cccc2C(C)C)C[C@H](C)CC[C@H]1C(C)C. The highest BCUT2D eigenvalue weighted by Gasteiger charge is 2.42. The van der Waals surface area contributed by atoms with E-state index in [-0.39, 0.29) is 5.41 Å². The van der Waals surface area contributed by atoms with Gasteiger partial charge >= 0.3 is 0 Å². The smallest absolute Gasteiger partial charge is 0.0695 e. The molecule has 0 radical (unpaired) electrons. The maximum absolute atomic E-state index is 5.26. The second-order valence-electron chi connectivity index (χ2n) is 9.82. The average Bonchev–Trinajstić information content (AvgIpc) is 2.59. The number of nitrogens with zero attached hydrogens (tertiary/aromatic N) is 1. The first-order chi connectivity index (χ1) is 12.7. The van der Waals surface area contributed by atoms with Crippen LogP contribution in [0.15, 0.2) is 35.8 Å². The quantitative estimate of drug-likeness (QED) is 0.339. The van der Waals surface area contributed by atoms with Crippen LogP contribution in [0.2, 0.25) is 0 Å². The third-order valence-corrected chi connectivity index (χ3v) is 6.56. The molecule has 27 heavy (non-hydrogen) atoms. The average molecular weight is 368 g/mol. The van der Waals surface area contributed by atoms with E-state index in [0.717, 1.165) is 12.3 Å². The molecule has 0 spiro atoms. The van der Waals surface area contributed by atoms with Gasteiger partial charge in [0.1, 0.15) is 0 Å². The van der Waals surface area contributed by atoms with Crippen LogP contribution in [-0.2, 0) is 0 Å². The van der Waals surface area contributed by atoms with Gasteiger partial charge in [0.25, 0.3) is 0 Å². The second-order valence-corrected chi connectivity index (χ2v) is 9.82. The Morgan fingerprint density at radius 2 is 1.67 bits per heavy atom. The summed E-state index contributed by atoms with van der Waals surface area (Å²) in [5, 5.41) is 0. The van der Waals surface area contributed by atoms with Gasteiger partial charge in [0.15, 0.2) is 0 Å². The van der Waals surface area contributed by atoms with Crippen molar-refractivity contribution in [3.8, 4) is 0 Å². The lowest BCUT2D eigenvalue weighted by Crippen LogP contribution is -2.40. The van der Waals surface area contributed by atoms with Crippen molar-refractivity contribution >= 4 is 11.9 Å². The van der Waals surface area contributed by atoms with Crippen molar-refractivity contribution in [2.75, 3.05) is 0 Å². The van der Waals surface area contributed by atoms with Gasteiger partial charge in [0.05, 0.1) is 5.69 Å². The summed E-state index contributed by atoms with van der Waals surface area (Å²) in [5.41, 5.74) is 4.10. The number of hydrogen-bond acceptors (Lipinski definition) is 1. The van der Waals surface area contributed by atoms with Gasteiger partial charge in [-0.05, 0) is 60.0 Å². The molecule has 1 aromatic rings. The molecular formula is C26H41N. The third kappa shape index (κ3) is 4.92. The van der Waals surface area contributed by atoms with Gasteiger partial charge in [-0.15, -0.1) is 6.58 Å². The molecule has 1 aliphatic carbocycles. The molecule has 0 heterocycles. The highest BCUT2D eigenvalue weighted by molar-refractivity contribution is 5.73. The highest BCUT2D eigenvalue weighted by Crippen LogP contribution is 2.49. The molecule has 0 aliphatic heterocycles. The monoisotopic (exact) mass is 367 g/mol. The van der Waals surface area contributed by atoms with Gasteiger partial charge in [-0.3, -0.25) is 4.99 Å². The zero-order valence-electron chi connectivity index (χ0n) is 18.8. The van der Waals surface area contributed by atoms with E-state index in [0.29, 0.717) is 23.7 Å². The van der Waals surface area contributed by atoms with Gasteiger partial charge in [-0.1, -0.05) is 79.2 Å². The number of allylic oxidation sites excluding steroid dienone is 1. The minimum Gasteiger partial charge on any atom is -0.260 e.